The first kappa shape index (κ1) is 12.6. The zero-order valence-corrected chi connectivity index (χ0v) is 11.8. The molecule has 3 nitrogen and oxygen atoms in total. The first-order valence-corrected chi connectivity index (χ1v) is 6.58. The summed E-state index contributed by atoms with van der Waals surface area (Å²) in [4.78, 5) is 14.0. The largest absolute Gasteiger partial charge is 0.311 e. The third-order valence-electron chi connectivity index (χ3n) is 2.92. The monoisotopic (exact) mass is 296 g/mol. The Morgan fingerprint density at radius 3 is 2.88 bits per heavy atom. The Bertz CT molecular complexity index is 431. The lowest BCUT2D eigenvalue weighted by molar-refractivity contribution is -0.118. The van der Waals surface area contributed by atoms with Crippen molar-refractivity contribution in [3.05, 3.63) is 28.7 Å². The summed E-state index contributed by atoms with van der Waals surface area (Å²) in [6, 6.07) is 7.89. The maximum Gasteiger partial charge on any atom is 0.228 e. The van der Waals surface area contributed by atoms with Gasteiger partial charge in [-0.05, 0) is 32.0 Å². The number of carbonyl (C=O) groups is 1. The topological polar surface area (TPSA) is 32.3 Å². The van der Waals surface area contributed by atoms with Gasteiger partial charge in [-0.2, -0.15) is 0 Å². The van der Waals surface area contributed by atoms with Crippen LogP contribution in [0.15, 0.2) is 28.7 Å². The van der Waals surface area contributed by atoms with E-state index in [4.69, 9.17) is 0 Å². The highest BCUT2D eigenvalue weighted by atomic mass is 79.9. The standard InChI is InChI=1S/C13H17BrN2O/c1-13(2)9-16(12(17)6-7-15-13)11-5-3-4-10(14)8-11/h3-5,8,15H,6-7,9H2,1-2H3. The van der Waals surface area contributed by atoms with Gasteiger partial charge in [0.25, 0.3) is 0 Å². The van der Waals surface area contributed by atoms with Crippen LogP contribution in [-0.4, -0.2) is 24.5 Å². The molecule has 0 bridgehead atoms. The van der Waals surface area contributed by atoms with Crippen LogP contribution >= 0.6 is 15.9 Å². The van der Waals surface area contributed by atoms with Crippen molar-refractivity contribution < 1.29 is 4.79 Å². The fourth-order valence-electron chi connectivity index (χ4n) is 2.06. The number of benzene rings is 1. The zero-order valence-electron chi connectivity index (χ0n) is 10.2. The molecule has 17 heavy (non-hydrogen) atoms. The van der Waals surface area contributed by atoms with Crippen LogP contribution < -0.4 is 10.2 Å². The van der Waals surface area contributed by atoms with Crippen molar-refractivity contribution in [3.63, 3.8) is 0 Å². The Labute approximate surface area is 110 Å². The highest BCUT2D eigenvalue weighted by Gasteiger charge is 2.28. The molecular weight excluding hydrogens is 280 g/mol. The molecule has 0 aliphatic carbocycles. The highest BCUT2D eigenvalue weighted by molar-refractivity contribution is 9.10. The van der Waals surface area contributed by atoms with Gasteiger partial charge in [0.1, 0.15) is 0 Å². The molecule has 92 valence electrons. The smallest absolute Gasteiger partial charge is 0.228 e. The van der Waals surface area contributed by atoms with Crippen LogP contribution in [0.3, 0.4) is 0 Å². The summed E-state index contributed by atoms with van der Waals surface area (Å²) < 4.78 is 0.998. The molecule has 1 aliphatic heterocycles. The Morgan fingerprint density at radius 2 is 2.18 bits per heavy atom. The van der Waals surface area contributed by atoms with E-state index in [1.807, 2.05) is 29.2 Å². The first-order valence-electron chi connectivity index (χ1n) is 5.79. The summed E-state index contributed by atoms with van der Waals surface area (Å²) in [6.07, 6.45) is 0.552. The second-order valence-electron chi connectivity index (χ2n) is 5.02. The maximum atomic E-state index is 12.1. The van der Waals surface area contributed by atoms with Crippen LogP contribution in [0.4, 0.5) is 5.69 Å². The van der Waals surface area contributed by atoms with E-state index < -0.39 is 0 Å². The van der Waals surface area contributed by atoms with Gasteiger partial charge >= 0.3 is 0 Å². The van der Waals surface area contributed by atoms with Gasteiger partial charge in [0.05, 0.1) is 0 Å². The molecule has 1 aromatic rings. The van der Waals surface area contributed by atoms with E-state index in [2.05, 4.69) is 35.1 Å². The van der Waals surface area contributed by atoms with Crippen LogP contribution in [0, 0.1) is 0 Å². The lowest BCUT2D eigenvalue weighted by atomic mass is 10.1. The zero-order chi connectivity index (χ0) is 12.5. The minimum atomic E-state index is -0.0471. The van der Waals surface area contributed by atoms with Crippen molar-refractivity contribution >= 4 is 27.5 Å². The average molecular weight is 297 g/mol. The Balaban J connectivity index is 2.31. The van der Waals surface area contributed by atoms with Crippen molar-refractivity contribution in [1.82, 2.24) is 5.32 Å². The fourth-order valence-corrected chi connectivity index (χ4v) is 2.45. The predicted molar refractivity (Wildman–Crippen MR) is 73.2 cm³/mol. The minimum absolute atomic E-state index is 0.0471. The van der Waals surface area contributed by atoms with Crippen molar-refractivity contribution in [2.45, 2.75) is 25.8 Å². The van der Waals surface area contributed by atoms with Crippen LogP contribution in [0.1, 0.15) is 20.3 Å². The van der Waals surface area contributed by atoms with Crippen molar-refractivity contribution in [2.75, 3.05) is 18.0 Å². The van der Waals surface area contributed by atoms with E-state index in [0.29, 0.717) is 13.0 Å². The summed E-state index contributed by atoms with van der Waals surface area (Å²) in [6.45, 7) is 5.69. The number of anilines is 1. The second-order valence-corrected chi connectivity index (χ2v) is 5.94. The van der Waals surface area contributed by atoms with E-state index in [0.717, 1.165) is 16.7 Å². The lowest BCUT2D eigenvalue weighted by Gasteiger charge is -2.30. The number of rotatable bonds is 1. The maximum absolute atomic E-state index is 12.1. The second kappa shape index (κ2) is 4.78. The molecule has 1 aliphatic rings. The van der Waals surface area contributed by atoms with E-state index in [9.17, 15) is 4.79 Å². The SMILES string of the molecule is CC1(C)CN(c2cccc(Br)c2)C(=O)CCN1. The molecule has 1 amide bonds. The molecule has 4 heteroatoms. The van der Waals surface area contributed by atoms with Gasteiger partial charge in [0.15, 0.2) is 0 Å². The predicted octanol–water partition coefficient (Wildman–Crippen LogP) is 2.55. The highest BCUT2D eigenvalue weighted by Crippen LogP contribution is 2.23. The van der Waals surface area contributed by atoms with Gasteiger partial charge in [-0.1, -0.05) is 22.0 Å². The number of hydrogen-bond acceptors (Lipinski definition) is 2. The number of nitrogens with one attached hydrogen (secondary N) is 1. The molecule has 0 saturated carbocycles. The summed E-state index contributed by atoms with van der Waals surface area (Å²) in [7, 11) is 0. The molecule has 1 N–H and O–H groups in total. The van der Waals surface area contributed by atoms with Crippen molar-refractivity contribution in [1.29, 1.82) is 0 Å². The van der Waals surface area contributed by atoms with Crippen LogP contribution in [0.2, 0.25) is 0 Å². The summed E-state index contributed by atoms with van der Waals surface area (Å²) >= 11 is 3.44. The van der Waals surface area contributed by atoms with E-state index in [1.54, 1.807) is 0 Å². The fraction of sp³-hybridized carbons (Fsp3) is 0.462. The average Bonchev–Trinajstić information content (AvgIpc) is 2.38. The number of carbonyl (C=O) groups excluding carboxylic acids is 1. The van der Waals surface area contributed by atoms with Crippen LogP contribution in [0.5, 0.6) is 0 Å². The van der Waals surface area contributed by atoms with Gasteiger partial charge in [0, 0.05) is 35.2 Å². The Hall–Kier alpha value is -0.870. The number of amides is 1. The molecule has 0 atom stereocenters. The molecular formula is C13H17BrN2O. The number of halogens is 1. The van der Waals surface area contributed by atoms with Crippen molar-refractivity contribution in [2.24, 2.45) is 0 Å². The number of nitrogens with zero attached hydrogens (tertiary/aromatic N) is 1. The van der Waals surface area contributed by atoms with Gasteiger partial charge in [-0.3, -0.25) is 4.79 Å². The van der Waals surface area contributed by atoms with Gasteiger partial charge in [-0.15, -0.1) is 0 Å². The Morgan fingerprint density at radius 1 is 1.41 bits per heavy atom. The minimum Gasteiger partial charge on any atom is -0.311 e. The van der Waals surface area contributed by atoms with E-state index in [-0.39, 0.29) is 11.4 Å². The van der Waals surface area contributed by atoms with E-state index in [1.165, 1.54) is 0 Å². The van der Waals surface area contributed by atoms with E-state index >= 15 is 0 Å². The number of hydrogen-bond donors (Lipinski definition) is 1. The third kappa shape index (κ3) is 3.07. The quantitative estimate of drug-likeness (QED) is 0.864. The first-order chi connectivity index (χ1) is 7.98. The van der Waals surface area contributed by atoms with Gasteiger partial charge in [-0.25, -0.2) is 0 Å². The van der Waals surface area contributed by atoms with Gasteiger partial charge < -0.3 is 10.2 Å². The molecule has 1 aromatic carbocycles. The van der Waals surface area contributed by atoms with Crippen molar-refractivity contribution in [3.8, 4) is 0 Å². The molecule has 1 heterocycles. The normalized spacial score (nSPS) is 20.2. The Kier molecular flexibility index (Phi) is 3.54. The molecule has 1 saturated heterocycles. The molecule has 1 fully saturated rings. The summed E-state index contributed by atoms with van der Waals surface area (Å²) in [5.41, 5.74) is 0.912. The van der Waals surface area contributed by atoms with Crippen LogP contribution in [-0.2, 0) is 4.79 Å². The lowest BCUT2D eigenvalue weighted by Crippen LogP contribution is -2.47. The molecule has 0 unspecified atom stereocenters. The van der Waals surface area contributed by atoms with Gasteiger partial charge in [0.2, 0.25) is 5.91 Å². The molecule has 2 rings (SSSR count). The van der Waals surface area contributed by atoms with Crippen LogP contribution in [0.25, 0.3) is 0 Å². The third-order valence-corrected chi connectivity index (χ3v) is 3.41. The summed E-state index contributed by atoms with van der Waals surface area (Å²) in [5, 5.41) is 3.39. The molecule has 0 radical (unpaired) electrons. The summed E-state index contributed by atoms with van der Waals surface area (Å²) in [5.74, 6) is 0.182. The molecule has 0 spiro atoms. The molecule has 0 aromatic heterocycles.